The van der Waals surface area contributed by atoms with Crippen molar-refractivity contribution in [1.82, 2.24) is 20.1 Å². The second kappa shape index (κ2) is 6.38. The summed E-state index contributed by atoms with van der Waals surface area (Å²) in [4.78, 5) is 15.4. The number of benzene rings is 1. The van der Waals surface area contributed by atoms with Gasteiger partial charge >= 0.3 is 6.09 Å². The summed E-state index contributed by atoms with van der Waals surface area (Å²) in [6.07, 6.45) is 0.949. The Morgan fingerprint density at radius 3 is 3.05 bits per heavy atom. The number of rotatable bonds is 4. The van der Waals surface area contributed by atoms with Gasteiger partial charge in [0.1, 0.15) is 12.2 Å². The van der Waals surface area contributed by atoms with Crippen LogP contribution in [0.2, 0.25) is 5.02 Å². The molecule has 0 saturated heterocycles. The predicted octanol–water partition coefficient (Wildman–Crippen LogP) is 2.40. The third kappa shape index (κ3) is 3.48. The molecule has 20 heavy (non-hydrogen) atoms. The van der Waals surface area contributed by atoms with Crippen LogP contribution in [-0.4, -0.2) is 28.0 Å². The molecule has 0 radical (unpaired) electrons. The molecule has 1 aromatic carbocycles. The molecule has 1 amide bonds. The lowest BCUT2D eigenvalue weighted by Crippen LogP contribution is -2.28. The Kier molecular flexibility index (Phi) is 4.57. The van der Waals surface area contributed by atoms with Crippen LogP contribution in [0.4, 0.5) is 4.79 Å². The quantitative estimate of drug-likeness (QED) is 0.940. The van der Waals surface area contributed by atoms with Crippen LogP contribution in [0.3, 0.4) is 0 Å². The fourth-order valence-corrected chi connectivity index (χ4v) is 2.05. The molecule has 1 aromatic heterocycles. The number of nitrogens with one attached hydrogen (secondary N) is 1. The second-order valence-electron chi connectivity index (χ2n) is 4.26. The van der Waals surface area contributed by atoms with Gasteiger partial charge in [-0.3, -0.25) is 0 Å². The zero-order chi connectivity index (χ0) is 14.5. The van der Waals surface area contributed by atoms with E-state index in [1.54, 1.807) is 4.68 Å². The number of carbonyl (C=O) groups is 1. The van der Waals surface area contributed by atoms with E-state index in [9.17, 15) is 4.79 Å². The van der Waals surface area contributed by atoms with Gasteiger partial charge in [-0.1, -0.05) is 23.7 Å². The highest BCUT2D eigenvalue weighted by Crippen LogP contribution is 2.14. The Balaban J connectivity index is 2.14. The number of nitrogens with zero attached hydrogens (tertiary/aromatic N) is 3. The third-order valence-corrected chi connectivity index (χ3v) is 3.01. The van der Waals surface area contributed by atoms with E-state index in [4.69, 9.17) is 11.6 Å². The van der Waals surface area contributed by atoms with Crippen LogP contribution >= 0.6 is 11.6 Å². The molecule has 1 heterocycles. The molecule has 106 valence electrons. The van der Waals surface area contributed by atoms with Crippen molar-refractivity contribution in [2.45, 2.75) is 19.5 Å². The van der Waals surface area contributed by atoms with Gasteiger partial charge < -0.3 is 10.1 Å². The van der Waals surface area contributed by atoms with Gasteiger partial charge in [-0.15, -0.1) is 0 Å². The Morgan fingerprint density at radius 1 is 1.55 bits per heavy atom. The van der Waals surface area contributed by atoms with Crippen LogP contribution in [0, 0.1) is 0 Å². The topological polar surface area (TPSA) is 69.0 Å². The zero-order valence-electron chi connectivity index (χ0n) is 11.2. The van der Waals surface area contributed by atoms with Crippen LogP contribution < -0.4 is 5.32 Å². The van der Waals surface area contributed by atoms with Crippen molar-refractivity contribution >= 4 is 17.7 Å². The van der Waals surface area contributed by atoms with Gasteiger partial charge in [0.15, 0.2) is 0 Å². The van der Waals surface area contributed by atoms with Crippen molar-refractivity contribution in [1.29, 1.82) is 0 Å². The van der Waals surface area contributed by atoms with E-state index in [2.05, 4.69) is 20.1 Å². The fourth-order valence-electron chi connectivity index (χ4n) is 1.84. The summed E-state index contributed by atoms with van der Waals surface area (Å²) in [6.45, 7) is 2.35. The molecule has 0 saturated carbocycles. The lowest BCUT2D eigenvalue weighted by atomic mass is 10.2. The minimum atomic E-state index is -0.505. The minimum absolute atomic E-state index is 0.302. The molecule has 7 heteroatoms. The molecule has 6 nitrogen and oxygen atoms in total. The number of ether oxygens (including phenoxy) is 1. The molecule has 1 N–H and O–H groups in total. The lowest BCUT2D eigenvalue weighted by molar-refractivity contribution is 0.166. The summed E-state index contributed by atoms with van der Waals surface area (Å²) in [7, 11) is 1.32. The molecule has 0 aliphatic heterocycles. The van der Waals surface area contributed by atoms with Gasteiger partial charge in [-0.2, -0.15) is 5.10 Å². The van der Waals surface area contributed by atoms with Crippen LogP contribution in [0.15, 0.2) is 30.6 Å². The first-order valence-corrected chi connectivity index (χ1v) is 6.44. The smallest absolute Gasteiger partial charge is 0.407 e. The second-order valence-corrected chi connectivity index (χ2v) is 4.70. The van der Waals surface area contributed by atoms with Gasteiger partial charge in [0.2, 0.25) is 0 Å². The predicted molar refractivity (Wildman–Crippen MR) is 74.5 cm³/mol. The van der Waals surface area contributed by atoms with Crippen LogP contribution in [0.1, 0.15) is 24.4 Å². The number of hydrogen-bond donors (Lipinski definition) is 1. The summed E-state index contributed by atoms with van der Waals surface area (Å²) >= 11 is 5.96. The molecule has 2 aromatic rings. The first-order chi connectivity index (χ1) is 9.60. The van der Waals surface area contributed by atoms with Gasteiger partial charge in [0.25, 0.3) is 0 Å². The normalized spacial score (nSPS) is 11.9. The molecule has 0 aliphatic rings. The maximum absolute atomic E-state index is 11.2. The van der Waals surface area contributed by atoms with Crippen LogP contribution in [-0.2, 0) is 11.3 Å². The van der Waals surface area contributed by atoms with Crippen LogP contribution in [0.25, 0.3) is 0 Å². The molecular formula is C13H15ClN4O2. The summed E-state index contributed by atoms with van der Waals surface area (Å²) in [5, 5.41) is 7.50. The monoisotopic (exact) mass is 294 g/mol. The summed E-state index contributed by atoms with van der Waals surface area (Å²) in [5.74, 6) is 0.648. The average Bonchev–Trinajstić information content (AvgIpc) is 2.86. The van der Waals surface area contributed by atoms with Crippen molar-refractivity contribution in [3.8, 4) is 0 Å². The van der Waals surface area contributed by atoms with Gasteiger partial charge in [-0.05, 0) is 24.6 Å². The SMILES string of the molecule is COC(=O)NC(C)c1ncnn1Cc1cccc(Cl)c1. The molecule has 1 atom stereocenters. The van der Waals surface area contributed by atoms with E-state index in [0.717, 1.165) is 5.56 Å². The largest absolute Gasteiger partial charge is 0.453 e. The van der Waals surface area contributed by atoms with E-state index in [0.29, 0.717) is 17.4 Å². The number of hydrogen-bond acceptors (Lipinski definition) is 4. The summed E-state index contributed by atoms with van der Waals surface area (Å²) < 4.78 is 6.28. The number of halogens is 1. The van der Waals surface area contributed by atoms with E-state index in [-0.39, 0.29) is 6.04 Å². The Labute approximate surface area is 121 Å². The number of amides is 1. The van der Waals surface area contributed by atoms with Gasteiger partial charge in [-0.25, -0.2) is 14.5 Å². The molecular weight excluding hydrogens is 280 g/mol. The maximum Gasteiger partial charge on any atom is 0.407 e. The molecule has 0 aliphatic carbocycles. The van der Waals surface area contributed by atoms with Crippen LogP contribution in [0.5, 0.6) is 0 Å². The van der Waals surface area contributed by atoms with E-state index in [1.165, 1.54) is 13.4 Å². The number of alkyl carbamates (subject to hydrolysis) is 1. The van der Waals surface area contributed by atoms with Crippen molar-refractivity contribution in [3.63, 3.8) is 0 Å². The lowest BCUT2D eigenvalue weighted by Gasteiger charge is -2.13. The van der Waals surface area contributed by atoms with Gasteiger partial charge in [0.05, 0.1) is 19.7 Å². The molecule has 0 fully saturated rings. The Hall–Kier alpha value is -2.08. The Morgan fingerprint density at radius 2 is 2.35 bits per heavy atom. The summed E-state index contributed by atoms with van der Waals surface area (Å²) in [5.41, 5.74) is 1.01. The molecule has 0 spiro atoms. The highest BCUT2D eigenvalue weighted by molar-refractivity contribution is 6.30. The van der Waals surface area contributed by atoms with Crippen molar-refractivity contribution in [2.24, 2.45) is 0 Å². The summed E-state index contributed by atoms with van der Waals surface area (Å²) in [6, 6.07) is 7.21. The molecule has 0 bridgehead atoms. The number of aromatic nitrogens is 3. The van der Waals surface area contributed by atoms with E-state index in [1.807, 2.05) is 31.2 Å². The van der Waals surface area contributed by atoms with Crippen molar-refractivity contribution in [3.05, 3.63) is 47.0 Å². The van der Waals surface area contributed by atoms with E-state index < -0.39 is 6.09 Å². The van der Waals surface area contributed by atoms with E-state index >= 15 is 0 Å². The van der Waals surface area contributed by atoms with Crippen molar-refractivity contribution < 1.29 is 9.53 Å². The van der Waals surface area contributed by atoms with Gasteiger partial charge in [0, 0.05) is 5.02 Å². The third-order valence-electron chi connectivity index (χ3n) is 2.77. The first kappa shape index (κ1) is 14.3. The fraction of sp³-hybridized carbons (Fsp3) is 0.308. The zero-order valence-corrected chi connectivity index (χ0v) is 12.0. The van der Waals surface area contributed by atoms with Crippen molar-refractivity contribution in [2.75, 3.05) is 7.11 Å². The highest BCUT2D eigenvalue weighted by Gasteiger charge is 2.15. The number of carbonyl (C=O) groups excluding carboxylic acids is 1. The first-order valence-electron chi connectivity index (χ1n) is 6.06. The molecule has 2 rings (SSSR count). The number of methoxy groups -OCH3 is 1. The molecule has 1 unspecified atom stereocenters. The maximum atomic E-state index is 11.2. The Bertz CT molecular complexity index is 600. The highest BCUT2D eigenvalue weighted by atomic mass is 35.5. The standard InChI is InChI=1S/C13H15ClN4O2/c1-9(17-13(19)20-2)12-15-8-16-18(12)7-10-4-3-5-11(14)6-10/h3-6,8-9H,7H2,1-2H3,(H,17,19). The average molecular weight is 295 g/mol. The minimum Gasteiger partial charge on any atom is -0.453 e.